The lowest BCUT2D eigenvalue weighted by Crippen LogP contribution is -2.40. The Morgan fingerprint density at radius 3 is 1.88 bits per heavy atom. The van der Waals surface area contributed by atoms with Crippen molar-refractivity contribution >= 4 is 11.9 Å². The summed E-state index contributed by atoms with van der Waals surface area (Å²) in [4.78, 5) is 19.7. The van der Waals surface area contributed by atoms with Gasteiger partial charge in [0.25, 0.3) is 0 Å². The van der Waals surface area contributed by atoms with E-state index in [9.17, 15) is 4.79 Å². The minimum atomic E-state index is 0.182. The van der Waals surface area contributed by atoms with Crippen molar-refractivity contribution in [1.82, 2.24) is 4.90 Å². The minimum Gasteiger partial charge on any atom is -0.370 e. The number of amides is 1. The van der Waals surface area contributed by atoms with Crippen LogP contribution < -0.4 is 11.5 Å². The number of benzene rings is 2. The molecule has 0 aromatic heterocycles. The molecule has 0 bridgehead atoms. The number of guanidine groups is 1. The van der Waals surface area contributed by atoms with Crippen LogP contribution in [0.15, 0.2) is 65.7 Å². The molecule has 2 aromatic rings. The highest BCUT2D eigenvalue weighted by Crippen LogP contribution is 2.35. The third kappa shape index (κ3) is 6.12. The fraction of sp³-hybridized carbons (Fsp3) is 0.481. The van der Waals surface area contributed by atoms with Gasteiger partial charge in [0.2, 0.25) is 5.91 Å². The zero-order valence-electron chi connectivity index (χ0n) is 18.9. The molecule has 170 valence electrons. The van der Waals surface area contributed by atoms with Gasteiger partial charge in [0.15, 0.2) is 5.96 Å². The smallest absolute Gasteiger partial charge is 0.225 e. The van der Waals surface area contributed by atoms with Crippen molar-refractivity contribution in [2.45, 2.75) is 44.4 Å². The zero-order valence-corrected chi connectivity index (χ0v) is 18.9. The van der Waals surface area contributed by atoms with Gasteiger partial charge < -0.3 is 16.4 Å². The molecule has 2 aliphatic rings. The number of carbonyl (C=O) groups is 1. The summed E-state index contributed by atoms with van der Waals surface area (Å²) in [6.07, 6.45) is 6.63. The summed E-state index contributed by atoms with van der Waals surface area (Å²) in [6.45, 7) is 2.33. The van der Waals surface area contributed by atoms with Gasteiger partial charge in [-0.1, -0.05) is 60.7 Å². The van der Waals surface area contributed by atoms with E-state index in [1.165, 1.54) is 11.1 Å². The molecule has 0 heterocycles. The molecule has 2 saturated carbocycles. The summed E-state index contributed by atoms with van der Waals surface area (Å²) in [5, 5.41) is 0. The minimum absolute atomic E-state index is 0.182. The van der Waals surface area contributed by atoms with Crippen LogP contribution in [0.3, 0.4) is 0 Å². The van der Waals surface area contributed by atoms with Crippen LogP contribution in [0.1, 0.15) is 55.6 Å². The first-order chi connectivity index (χ1) is 15.6. The predicted molar refractivity (Wildman–Crippen MR) is 130 cm³/mol. The molecule has 0 unspecified atom stereocenters. The first-order valence-electron chi connectivity index (χ1n) is 12.0. The van der Waals surface area contributed by atoms with Crippen LogP contribution in [0.4, 0.5) is 0 Å². The molecule has 0 spiro atoms. The molecule has 32 heavy (non-hydrogen) atoms. The van der Waals surface area contributed by atoms with E-state index in [1.54, 1.807) is 0 Å². The molecule has 2 fully saturated rings. The van der Waals surface area contributed by atoms with Crippen LogP contribution in [-0.4, -0.2) is 36.4 Å². The van der Waals surface area contributed by atoms with E-state index in [1.807, 2.05) is 0 Å². The average Bonchev–Trinajstić information content (AvgIpc) is 3.67. The Balaban J connectivity index is 1.46. The second-order valence-corrected chi connectivity index (χ2v) is 9.54. The molecule has 1 amide bonds. The molecule has 5 heteroatoms. The van der Waals surface area contributed by atoms with E-state index in [2.05, 4.69) is 70.6 Å². The van der Waals surface area contributed by atoms with Gasteiger partial charge in [0, 0.05) is 31.5 Å². The number of nitrogens with zero attached hydrogens (tertiary/aromatic N) is 2. The van der Waals surface area contributed by atoms with Gasteiger partial charge in [0.05, 0.1) is 0 Å². The van der Waals surface area contributed by atoms with Crippen molar-refractivity contribution in [1.29, 1.82) is 0 Å². The zero-order chi connectivity index (χ0) is 22.3. The number of rotatable bonds is 9. The highest BCUT2D eigenvalue weighted by molar-refractivity contribution is 5.81. The summed E-state index contributed by atoms with van der Waals surface area (Å²) >= 11 is 0. The summed E-state index contributed by atoms with van der Waals surface area (Å²) in [5.74, 6) is 2.08. The van der Waals surface area contributed by atoms with Crippen LogP contribution in [0.5, 0.6) is 0 Å². The van der Waals surface area contributed by atoms with Crippen LogP contribution in [0, 0.1) is 17.8 Å². The Kier molecular flexibility index (Phi) is 7.46. The van der Waals surface area contributed by atoms with E-state index >= 15 is 0 Å². The molecule has 0 atom stereocenters. The number of carbonyl (C=O) groups excluding carboxylic acids is 1. The molecule has 2 aliphatic carbocycles. The molecule has 4 N–H and O–H groups in total. The van der Waals surface area contributed by atoms with Crippen LogP contribution >= 0.6 is 0 Å². The first-order valence-corrected chi connectivity index (χ1v) is 12.0. The molecule has 4 rings (SSSR count). The van der Waals surface area contributed by atoms with Gasteiger partial charge in [-0.15, -0.1) is 0 Å². The normalized spacial score (nSPS) is 20.7. The summed E-state index contributed by atoms with van der Waals surface area (Å²) in [6, 6.07) is 21.2. The van der Waals surface area contributed by atoms with E-state index in [0.29, 0.717) is 17.7 Å². The topological polar surface area (TPSA) is 84.7 Å². The number of nitrogens with two attached hydrogens (primary N) is 2. The molecule has 2 aromatic carbocycles. The fourth-order valence-corrected chi connectivity index (χ4v) is 4.98. The molecule has 0 aliphatic heterocycles. The Morgan fingerprint density at radius 1 is 0.844 bits per heavy atom. The quantitative estimate of drug-likeness (QED) is 0.461. The van der Waals surface area contributed by atoms with Gasteiger partial charge in [-0.2, -0.15) is 0 Å². The Bertz CT molecular complexity index is 843. The van der Waals surface area contributed by atoms with Crippen LogP contribution in [0.2, 0.25) is 0 Å². The third-order valence-corrected chi connectivity index (χ3v) is 7.02. The molecular formula is C27H36N4O. The second kappa shape index (κ2) is 10.7. The van der Waals surface area contributed by atoms with Crippen molar-refractivity contribution < 1.29 is 4.79 Å². The van der Waals surface area contributed by atoms with Crippen molar-refractivity contribution in [3.63, 3.8) is 0 Å². The Labute approximate surface area is 191 Å². The summed E-state index contributed by atoms with van der Waals surface area (Å²) in [7, 11) is 0. The largest absolute Gasteiger partial charge is 0.370 e. The SMILES string of the molecule is NC(N)=NCC1CCC(CN(CC(c2ccccc2)c2ccccc2)C(=O)C2CC2)CC1. The average molecular weight is 433 g/mol. The van der Waals surface area contributed by atoms with Crippen molar-refractivity contribution in [3.8, 4) is 0 Å². The Hall–Kier alpha value is -2.82. The lowest BCUT2D eigenvalue weighted by molar-refractivity contribution is -0.133. The summed E-state index contributed by atoms with van der Waals surface area (Å²) in [5.41, 5.74) is 13.5. The van der Waals surface area contributed by atoms with Crippen LogP contribution in [0.25, 0.3) is 0 Å². The Morgan fingerprint density at radius 2 is 1.38 bits per heavy atom. The van der Waals surface area contributed by atoms with Gasteiger partial charge in [-0.3, -0.25) is 9.79 Å². The standard InChI is InChI=1S/C27H36N4O/c28-27(29)30-17-20-11-13-21(14-12-20)18-31(26(32)24-15-16-24)19-25(22-7-3-1-4-8-22)23-9-5-2-6-10-23/h1-10,20-21,24-25H,11-19H2,(H4,28,29,30). The van der Waals surface area contributed by atoms with Crippen LogP contribution in [-0.2, 0) is 4.79 Å². The molecule has 5 nitrogen and oxygen atoms in total. The number of hydrogen-bond donors (Lipinski definition) is 2. The van der Waals surface area contributed by atoms with E-state index < -0.39 is 0 Å². The lowest BCUT2D eigenvalue weighted by atomic mass is 9.81. The highest BCUT2D eigenvalue weighted by atomic mass is 16.2. The molecule has 0 saturated heterocycles. The predicted octanol–water partition coefficient (Wildman–Crippen LogP) is 4.14. The number of aliphatic imine (C=N–C) groups is 1. The van der Waals surface area contributed by atoms with Crippen molar-refractivity contribution in [3.05, 3.63) is 71.8 Å². The maximum atomic E-state index is 13.3. The molecular weight excluding hydrogens is 396 g/mol. The maximum absolute atomic E-state index is 13.3. The number of hydrogen-bond acceptors (Lipinski definition) is 2. The summed E-state index contributed by atoms with van der Waals surface area (Å²) < 4.78 is 0. The van der Waals surface area contributed by atoms with Gasteiger partial charge in [0.1, 0.15) is 0 Å². The fourth-order valence-electron chi connectivity index (χ4n) is 4.98. The second-order valence-electron chi connectivity index (χ2n) is 9.54. The van der Waals surface area contributed by atoms with E-state index in [4.69, 9.17) is 11.5 Å². The maximum Gasteiger partial charge on any atom is 0.225 e. The highest BCUT2D eigenvalue weighted by Gasteiger charge is 2.36. The van der Waals surface area contributed by atoms with Crippen molar-refractivity contribution in [2.24, 2.45) is 34.2 Å². The van der Waals surface area contributed by atoms with E-state index in [-0.39, 0.29) is 17.8 Å². The van der Waals surface area contributed by atoms with Gasteiger partial charge >= 0.3 is 0 Å². The van der Waals surface area contributed by atoms with Crippen molar-refractivity contribution in [2.75, 3.05) is 19.6 Å². The monoisotopic (exact) mass is 432 g/mol. The third-order valence-electron chi connectivity index (χ3n) is 7.02. The van der Waals surface area contributed by atoms with Gasteiger partial charge in [-0.05, 0) is 61.5 Å². The van der Waals surface area contributed by atoms with Gasteiger partial charge in [-0.25, -0.2) is 0 Å². The first kappa shape index (κ1) is 22.4. The van der Waals surface area contributed by atoms with E-state index in [0.717, 1.165) is 58.2 Å². The lowest BCUT2D eigenvalue weighted by Gasteiger charge is -2.34. The molecule has 0 radical (unpaired) electrons.